The van der Waals surface area contributed by atoms with Crippen LogP contribution in [-0.4, -0.2) is 72.1 Å². The van der Waals surface area contributed by atoms with E-state index in [4.69, 9.17) is 14.6 Å². The quantitative estimate of drug-likeness (QED) is 0.787. The number of carbonyl (C=O) groups excluding carboxylic acids is 2. The van der Waals surface area contributed by atoms with Gasteiger partial charge >= 0.3 is 5.97 Å². The van der Waals surface area contributed by atoms with Gasteiger partial charge in [-0.15, -0.1) is 0 Å². The van der Waals surface area contributed by atoms with Crippen molar-refractivity contribution in [2.75, 3.05) is 33.4 Å². The second kappa shape index (κ2) is 8.39. The summed E-state index contributed by atoms with van der Waals surface area (Å²) in [5.74, 6) is -0.725. The second-order valence-corrected chi connectivity index (χ2v) is 6.90. The van der Waals surface area contributed by atoms with Crippen LogP contribution in [-0.2, 0) is 25.7 Å². The molecular formula is C19H24N2O6. The maximum Gasteiger partial charge on any atom is 0.306 e. The van der Waals surface area contributed by atoms with Crippen molar-refractivity contribution in [1.29, 1.82) is 0 Å². The van der Waals surface area contributed by atoms with E-state index in [0.717, 1.165) is 11.3 Å². The fraction of sp³-hybridized carbons (Fsp3) is 0.526. The summed E-state index contributed by atoms with van der Waals surface area (Å²) in [5, 5.41) is 8.90. The Morgan fingerprint density at radius 3 is 2.67 bits per heavy atom. The van der Waals surface area contributed by atoms with E-state index in [1.807, 2.05) is 24.3 Å². The van der Waals surface area contributed by atoms with Gasteiger partial charge in [-0.05, 0) is 17.7 Å². The molecule has 0 bridgehead atoms. The molecule has 2 fully saturated rings. The number of nitrogens with zero attached hydrogens (tertiary/aromatic N) is 2. The van der Waals surface area contributed by atoms with Gasteiger partial charge in [0.2, 0.25) is 11.8 Å². The molecule has 2 aliphatic rings. The number of carbonyl (C=O) groups is 3. The van der Waals surface area contributed by atoms with Crippen molar-refractivity contribution >= 4 is 17.8 Å². The Morgan fingerprint density at radius 2 is 2.00 bits per heavy atom. The van der Waals surface area contributed by atoms with Crippen molar-refractivity contribution in [1.82, 2.24) is 9.80 Å². The van der Waals surface area contributed by atoms with Gasteiger partial charge in [-0.1, -0.05) is 12.1 Å². The third kappa shape index (κ3) is 4.77. The largest absolute Gasteiger partial charge is 0.497 e. The van der Waals surface area contributed by atoms with Gasteiger partial charge in [0.1, 0.15) is 5.75 Å². The molecule has 0 radical (unpaired) electrons. The minimum atomic E-state index is -0.948. The summed E-state index contributed by atoms with van der Waals surface area (Å²) >= 11 is 0. The molecule has 1 N–H and O–H groups in total. The molecule has 8 heteroatoms. The van der Waals surface area contributed by atoms with Gasteiger partial charge in [0.15, 0.2) is 0 Å². The minimum absolute atomic E-state index is 0.0421. The molecule has 3 rings (SSSR count). The van der Waals surface area contributed by atoms with Crippen molar-refractivity contribution in [3.63, 3.8) is 0 Å². The van der Waals surface area contributed by atoms with E-state index in [1.54, 1.807) is 16.9 Å². The van der Waals surface area contributed by atoms with E-state index in [9.17, 15) is 14.4 Å². The lowest BCUT2D eigenvalue weighted by Crippen LogP contribution is -2.48. The lowest BCUT2D eigenvalue weighted by Gasteiger charge is -2.33. The van der Waals surface area contributed by atoms with Crippen LogP contribution in [0.3, 0.4) is 0 Å². The second-order valence-electron chi connectivity index (χ2n) is 6.90. The fourth-order valence-corrected chi connectivity index (χ4v) is 3.54. The number of carboxylic acid groups (broad SMARTS) is 1. The molecule has 0 aliphatic carbocycles. The average Bonchev–Trinajstić information content (AvgIpc) is 3.02. The third-order valence-corrected chi connectivity index (χ3v) is 4.95. The van der Waals surface area contributed by atoms with Crippen LogP contribution in [0, 0.1) is 5.92 Å². The van der Waals surface area contributed by atoms with Crippen LogP contribution in [0.4, 0.5) is 0 Å². The van der Waals surface area contributed by atoms with E-state index in [1.165, 1.54) is 0 Å². The summed E-state index contributed by atoms with van der Waals surface area (Å²) in [5.41, 5.74) is 0.977. The van der Waals surface area contributed by atoms with Gasteiger partial charge in [-0.2, -0.15) is 0 Å². The molecule has 0 spiro atoms. The smallest absolute Gasteiger partial charge is 0.306 e. The summed E-state index contributed by atoms with van der Waals surface area (Å²) in [6, 6.07) is 7.49. The van der Waals surface area contributed by atoms with Gasteiger partial charge in [0.05, 0.1) is 32.2 Å². The number of methoxy groups -OCH3 is 1. The normalized spacial score (nSPS) is 22.8. The van der Waals surface area contributed by atoms with E-state index < -0.39 is 12.1 Å². The Labute approximate surface area is 157 Å². The minimum Gasteiger partial charge on any atom is -0.497 e. The lowest BCUT2D eigenvalue weighted by molar-refractivity contribution is -0.149. The molecule has 2 atom stereocenters. The highest BCUT2D eigenvalue weighted by molar-refractivity contribution is 5.89. The predicted molar refractivity (Wildman–Crippen MR) is 95.1 cm³/mol. The number of likely N-dealkylation sites (tertiary alicyclic amines) is 1. The number of benzene rings is 1. The van der Waals surface area contributed by atoms with Gasteiger partial charge in [-0.25, -0.2) is 0 Å². The van der Waals surface area contributed by atoms with Crippen LogP contribution in [0.15, 0.2) is 24.3 Å². The summed E-state index contributed by atoms with van der Waals surface area (Å²) in [6.45, 7) is 1.84. The first kappa shape index (κ1) is 19.2. The summed E-state index contributed by atoms with van der Waals surface area (Å²) in [4.78, 5) is 39.3. The van der Waals surface area contributed by atoms with Crippen molar-refractivity contribution in [3.05, 3.63) is 29.8 Å². The topological polar surface area (TPSA) is 96.4 Å². The zero-order valence-corrected chi connectivity index (χ0v) is 15.3. The van der Waals surface area contributed by atoms with Crippen molar-refractivity contribution in [2.24, 2.45) is 5.92 Å². The third-order valence-electron chi connectivity index (χ3n) is 4.95. The zero-order valence-electron chi connectivity index (χ0n) is 15.3. The molecular weight excluding hydrogens is 352 g/mol. The highest BCUT2D eigenvalue weighted by Gasteiger charge is 2.38. The number of ether oxygens (including phenoxy) is 2. The average molecular weight is 376 g/mol. The molecule has 27 heavy (non-hydrogen) atoms. The predicted octanol–water partition coefficient (Wildman–Crippen LogP) is 0.746. The first-order valence-electron chi connectivity index (χ1n) is 8.99. The highest BCUT2D eigenvalue weighted by atomic mass is 16.5. The van der Waals surface area contributed by atoms with Crippen LogP contribution in [0.25, 0.3) is 0 Å². The summed E-state index contributed by atoms with van der Waals surface area (Å²) < 4.78 is 10.5. The molecule has 2 amide bonds. The molecule has 2 aliphatic heterocycles. The number of rotatable bonds is 6. The molecule has 1 aromatic carbocycles. The van der Waals surface area contributed by atoms with Crippen LogP contribution in [0.2, 0.25) is 0 Å². The van der Waals surface area contributed by atoms with Crippen LogP contribution in [0.1, 0.15) is 18.4 Å². The van der Waals surface area contributed by atoms with Crippen LogP contribution >= 0.6 is 0 Å². The molecule has 0 aromatic heterocycles. The Balaban J connectivity index is 1.57. The number of aliphatic carboxylic acids is 1. The Kier molecular flexibility index (Phi) is 5.95. The zero-order chi connectivity index (χ0) is 19.4. The molecule has 2 heterocycles. The Morgan fingerprint density at radius 1 is 1.26 bits per heavy atom. The van der Waals surface area contributed by atoms with Crippen molar-refractivity contribution in [2.45, 2.75) is 25.5 Å². The summed E-state index contributed by atoms with van der Waals surface area (Å²) in [6.07, 6.45) is -0.430. The van der Waals surface area contributed by atoms with E-state index in [2.05, 4.69) is 0 Å². The van der Waals surface area contributed by atoms with Gasteiger partial charge in [-0.3, -0.25) is 14.4 Å². The SMILES string of the molecule is COc1ccc(CN2C[C@H](C(=O)N3CCO[C@H](CC(=O)O)C3)CC2=O)cc1. The summed E-state index contributed by atoms with van der Waals surface area (Å²) in [7, 11) is 1.60. The van der Waals surface area contributed by atoms with Crippen molar-refractivity contribution in [3.8, 4) is 5.75 Å². The molecule has 1 aromatic rings. The maximum absolute atomic E-state index is 12.8. The molecule has 146 valence electrons. The fourth-order valence-electron chi connectivity index (χ4n) is 3.54. The number of carboxylic acids is 1. The monoisotopic (exact) mass is 376 g/mol. The molecule has 2 saturated heterocycles. The number of hydrogen-bond donors (Lipinski definition) is 1. The highest BCUT2D eigenvalue weighted by Crippen LogP contribution is 2.24. The van der Waals surface area contributed by atoms with Gasteiger partial charge in [0.25, 0.3) is 0 Å². The Bertz CT molecular complexity index is 705. The van der Waals surface area contributed by atoms with Gasteiger partial charge < -0.3 is 24.4 Å². The van der Waals surface area contributed by atoms with E-state index in [-0.39, 0.29) is 37.1 Å². The number of amides is 2. The molecule has 8 nitrogen and oxygen atoms in total. The first-order chi connectivity index (χ1) is 13.0. The van der Waals surface area contributed by atoms with Crippen LogP contribution < -0.4 is 4.74 Å². The van der Waals surface area contributed by atoms with E-state index >= 15 is 0 Å². The molecule has 0 unspecified atom stereocenters. The van der Waals surface area contributed by atoms with Crippen LogP contribution in [0.5, 0.6) is 5.75 Å². The lowest BCUT2D eigenvalue weighted by atomic mass is 10.1. The van der Waals surface area contributed by atoms with Gasteiger partial charge in [0, 0.05) is 32.6 Å². The first-order valence-corrected chi connectivity index (χ1v) is 8.99. The maximum atomic E-state index is 12.8. The standard InChI is InChI=1S/C19H24N2O6/c1-26-15-4-2-13(3-5-15)10-21-11-14(8-17(21)22)19(25)20-6-7-27-16(12-20)9-18(23)24/h2-5,14,16H,6-12H2,1H3,(H,23,24)/t14-,16-/m1/s1. The Hall–Kier alpha value is -2.61. The van der Waals surface area contributed by atoms with Crippen molar-refractivity contribution < 1.29 is 29.0 Å². The van der Waals surface area contributed by atoms with E-state index in [0.29, 0.717) is 26.2 Å². The molecule has 0 saturated carbocycles. The number of morpholine rings is 1. The number of hydrogen-bond acceptors (Lipinski definition) is 5.